The smallest absolute Gasteiger partial charge is 0.0576 e. The number of hydrogen-bond acceptors (Lipinski definition) is 3. The van der Waals surface area contributed by atoms with Crippen LogP contribution in [0.4, 0.5) is 0 Å². The number of hydrogen-bond donors (Lipinski definition) is 1. The fourth-order valence-electron chi connectivity index (χ4n) is 4.51. The van der Waals surface area contributed by atoms with Crippen molar-refractivity contribution in [2.24, 2.45) is 5.92 Å². The molecule has 0 radical (unpaired) electrons. The molecule has 3 atom stereocenters. The molecule has 1 N–H and O–H groups in total. The third-order valence-electron chi connectivity index (χ3n) is 5.94. The van der Waals surface area contributed by atoms with Gasteiger partial charge in [0.05, 0.1) is 6.10 Å². The minimum Gasteiger partial charge on any atom is -0.378 e. The molecule has 0 bridgehead atoms. The van der Waals surface area contributed by atoms with E-state index in [-0.39, 0.29) is 0 Å². The number of rotatable bonds is 5. The Balaban J connectivity index is 1.41. The molecule has 2 saturated heterocycles. The van der Waals surface area contributed by atoms with Crippen LogP contribution in [0.3, 0.4) is 0 Å². The molecule has 3 aliphatic rings. The summed E-state index contributed by atoms with van der Waals surface area (Å²) in [5.41, 5.74) is 0. The molecule has 0 aromatic rings. The van der Waals surface area contributed by atoms with E-state index in [1.54, 1.807) is 0 Å². The molecule has 2 heterocycles. The SMILES string of the molecule is CC1CNC(C2CCCCC2)CN1CCCC1CCCO1. The lowest BCUT2D eigenvalue weighted by Gasteiger charge is -2.43. The Morgan fingerprint density at radius 2 is 1.95 bits per heavy atom. The molecule has 1 saturated carbocycles. The molecule has 0 aromatic carbocycles. The van der Waals surface area contributed by atoms with Crippen LogP contribution in [0.2, 0.25) is 0 Å². The highest BCUT2D eigenvalue weighted by atomic mass is 16.5. The van der Waals surface area contributed by atoms with Crippen molar-refractivity contribution < 1.29 is 4.74 Å². The molecule has 3 heteroatoms. The fraction of sp³-hybridized carbons (Fsp3) is 1.00. The van der Waals surface area contributed by atoms with Crippen LogP contribution in [0, 0.1) is 5.92 Å². The van der Waals surface area contributed by atoms with Gasteiger partial charge in [0, 0.05) is 31.8 Å². The second kappa shape index (κ2) is 7.94. The summed E-state index contributed by atoms with van der Waals surface area (Å²) in [5.74, 6) is 0.937. The molecule has 0 amide bonds. The zero-order valence-electron chi connectivity index (χ0n) is 13.9. The Labute approximate surface area is 130 Å². The van der Waals surface area contributed by atoms with Crippen LogP contribution in [0.25, 0.3) is 0 Å². The second-order valence-corrected chi connectivity index (χ2v) is 7.53. The topological polar surface area (TPSA) is 24.5 Å². The molecule has 3 unspecified atom stereocenters. The lowest BCUT2D eigenvalue weighted by molar-refractivity contribution is 0.0811. The highest BCUT2D eigenvalue weighted by molar-refractivity contribution is 4.89. The van der Waals surface area contributed by atoms with E-state index in [9.17, 15) is 0 Å². The van der Waals surface area contributed by atoms with Crippen LogP contribution in [0.15, 0.2) is 0 Å². The van der Waals surface area contributed by atoms with Gasteiger partial charge >= 0.3 is 0 Å². The molecule has 3 nitrogen and oxygen atoms in total. The van der Waals surface area contributed by atoms with Crippen molar-refractivity contribution in [3.05, 3.63) is 0 Å². The van der Waals surface area contributed by atoms with Crippen molar-refractivity contribution in [1.29, 1.82) is 0 Å². The van der Waals surface area contributed by atoms with Crippen molar-refractivity contribution in [2.45, 2.75) is 82.9 Å². The van der Waals surface area contributed by atoms with Gasteiger partial charge in [0.25, 0.3) is 0 Å². The average molecular weight is 294 g/mol. The van der Waals surface area contributed by atoms with Gasteiger partial charge in [-0.3, -0.25) is 4.90 Å². The molecule has 21 heavy (non-hydrogen) atoms. The van der Waals surface area contributed by atoms with Gasteiger partial charge in [0.1, 0.15) is 0 Å². The van der Waals surface area contributed by atoms with Crippen LogP contribution in [-0.2, 0) is 4.74 Å². The van der Waals surface area contributed by atoms with E-state index in [4.69, 9.17) is 4.74 Å². The third-order valence-corrected chi connectivity index (χ3v) is 5.94. The molecular weight excluding hydrogens is 260 g/mol. The summed E-state index contributed by atoms with van der Waals surface area (Å²) in [6, 6.07) is 1.46. The summed E-state index contributed by atoms with van der Waals surface area (Å²) < 4.78 is 5.75. The molecule has 0 aromatic heterocycles. The van der Waals surface area contributed by atoms with E-state index < -0.39 is 0 Å². The van der Waals surface area contributed by atoms with Gasteiger partial charge in [-0.1, -0.05) is 19.3 Å². The van der Waals surface area contributed by atoms with E-state index in [0.717, 1.165) is 18.6 Å². The first kappa shape index (κ1) is 15.8. The predicted molar refractivity (Wildman–Crippen MR) is 87.6 cm³/mol. The summed E-state index contributed by atoms with van der Waals surface area (Å²) in [6.07, 6.45) is 13.0. The zero-order chi connectivity index (χ0) is 14.5. The van der Waals surface area contributed by atoms with Crippen LogP contribution in [0.1, 0.15) is 64.7 Å². The maximum Gasteiger partial charge on any atom is 0.0576 e. The molecule has 1 aliphatic carbocycles. The number of nitrogens with zero attached hydrogens (tertiary/aromatic N) is 1. The van der Waals surface area contributed by atoms with Crippen LogP contribution in [-0.4, -0.2) is 49.3 Å². The molecule has 3 fully saturated rings. The van der Waals surface area contributed by atoms with Crippen molar-refractivity contribution in [3.63, 3.8) is 0 Å². The Morgan fingerprint density at radius 3 is 2.71 bits per heavy atom. The zero-order valence-corrected chi connectivity index (χ0v) is 13.9. The van der Waals surface area contributed by atoms with Crippen molar-refractivity contribution in [2.75, 3.05) is 26.2 Å². The third kappa shape index (κ3) is 4.43. The van der Waals surface area contributed by atoms with Gasteiger partial charge in [0.2, 0.25) is 0 Å². The predicted octanol–water partition coefficient (Wildman–Crippen LogP) is 3.19. The van der Waals surface area contributed by atoms with Gasteiger partial charge < -0.3 is 10.1 Å². The monoisotopic (exact) mass is 294 g/mol. The maximum absolute atomic E-state index is 5.75. The average Bonchev–Trinajstić information content (AvgIpc) is 3.03. The fourth-order valence-corrected chi connectivity index (χ4v) is 4.51. The van der Waals surface area contributed by atoms with Gasteiger partial charge in [0.15, 0.2) is 0 Å². The number of nitrogens with one attached hydrogen (secondary N) is 1. The maximum atomic E-state index is 5.75. The van der Waals surface area contributed by atoms with Crippen molar-refractivity contribution in [1.82, 2.24) is 10.2 Å². The minimum absolute atomic E-state index is 0.567. The van der Waals surface area contributed by atoms with Crippen molar-refractivity contribution >= 4 is 0 Å². The number of piperazine rings is 1. The lowest BCUT2D eigenvalue weighted by Crippen LogP contribution is -2.58. The van der Waals surface area contributed by atoms with Gasteiger partial charge in [-0.2, -0.15) is 0 Å². The highest BCUT2D eigenvalue weighted by Crippen LogP contribution is 2.28. The van der Waals surface area contributed by atoms with E-state index in [1.165, 1.54) is 77.4 Å². The standard InChI is InChI=1S/C18H34N2O/c1-15-13-19-18(16-7-3-2-4-8-16)14-20(15)11-5-9-17-10-6-12-21-17/h15-19H,2-14H2,1H3. The van der Waals surface area contributed by atoms with Crippen LogP contribution < -0.4 is 5.32 Å². The first-order valence-corrected chi connectivity index (χ1v) is 9.42. The molecular formula is C18H34N2O. The van der Waals surface area contributed by atoms with E-state index >= 15 is 0 Å². The summed E-state index contributed by atoms with van der Waals surface area (Å²) in [5, 5.41) is 3.83. The lowest BCUT2D eigenvalue weighted by atomic mass is 9.82. The largest absolute Gasteiger partial charge is 0.378 e. The Kier molecular flexibility index (Phi) is 5.96. The van der Waals surface area contributed by atoms with Crippen LogP contribution in [0.5, 0.6) is 0 Å². The Bertz CT molecular complexity index is 298. The first-order valence-electron chi connectivity index (χ1n) is 9.42. The first-order chi connectivity index (χ1) is 10.3. The summed E-state index contributed by atoms with van der Waals surface area (Å²) in [6.45, 7) is 7.11. The van der Waals surface area contributed by atoms with Gasteiger partial charge in [-0.05, 0) is 57.9 Å². The molecule has 2 aliphatic heterocycles. The minimum atomic E-state index is 0.567. The summed E-state index contributed by atoms with van der Waals surface area (Å²) in [7, 11) is 0. The molecule has 0 spiro atoms. The quantitative estimate of drug-likeness (QED) is 0.843. The molecule has 3 rings (SSSR count). The normalized spacial score (nSPS) is 36.1. The van der Waals surface area contributed by atoms with Crippen LogP contribution >= 0.6 is 0 Å². The number of ether oxygens (including phenoxy) is 1. The van der Waals surface area contributed by atoms with Gasteiger partial charge in [-0.25, -0.2) is 0 Å². The van der Waals surface area contributed by atoms with E-state index in [0.29, 0.717) is 12.1 Å². The highest BCUT2D eigenvalue weighted by Gasteiger charge is 2.30. The summed E-state index contributed by atoms with van der Waals surface area (Å²) >= 11 is 0. The molecule has 122 valence electrons. The Hall–Kier alpha value is -0.120. The summed E-state index contributed by atoms with van der Waals surface area (Å²) in [4.78, 5) is 2.74. The Morgan fingerprint density at radius 1 is 1.10 bits per heavy atom. The van der Waals surface area contributed by atoms with E-state index in [2.05, 4.69) is 17.1 Å². The van der Waals surface area contributed by atoms with Gasteiger partial charge in [-0.15, -0.1) is 0 Å². The van der Waals surface area contributed by atoms with Crippen molar-refractivity contribution in [3.8, 4) is 0 Å². The second-order valence-electron chi connectivity index (χ2n) is 7.53. The van der Waals surface area contributed by atoms with E-state index in [1.807, 2.05) is 0 Å².